The Labute approximate surface area is 125 Å². The summed E-state index contributed by atoms with van der Waals surface area (Å²) in [7, 11) is 0. The molecule has 0 radical (unpaired) electrons. The molecule has 112 valence electrons. The topological polar surface area (TPSA) is 3.24 Å². The molecule has 0 aliphatic rings. The lowest BCUT2D eigenvalue weighted by atomic mass is 9.91. The van der Waals surface area contributed by atoms with Gasteiger partial charge in [0.2, 0.25) is 0 Å². The molecule has 20 heavy (non-hydrogen) atoms. The summed E-state index contributed by atoms with van der Waals surface area (Å²) in [6, 6.07) is 8.73. The van der Waals surface area contributed by atoms with Crippen molar-refractivity contribution in [3.8, 4) is 0 Å². The first-order valence-electron chi connectivity index (χ1n) is 7.70. The predicted octanol–water partition coefficient (Wildman–Crippen LogP) is 5.16. The monoisotopic (exact) mass is 273 g/mol. The average Bonchev–Trinajstić information content (AvgIpc) is 2.38. The lowest BCUT2D eigenvalue weighted by Crippen LogP contribution is -2.54. The van der Waals surface area contributed by atoms with E-state index in [1.807, 2.05) is 6.08 Å². The SMILES string of the molecule is C=Cc1ccc(CCN(C(C)(C)C)C(C)(C)CC)cc1. The van der Waals surface area contributed by atoms with E-state index < -0.39 is 0 Å². The third kappa shape index (κ3) is 4.49. The van der Waals surface area contributed by atoms with Crippen LogP contribution in [-0.4, -0.2) is 22.5 Å². The van der Waals surface area contributed by atoms with E-state index in [1.165, 1.54) is 17.5 Å². The molecule has 0 saturated heterocycles. The van der Waals surface area contributed by atoms with Crippen LogP contribution in [0.5, 0.6) is 0 Å². The molecule has 1 aromatic rings. The Morgan fingerprint density at radius 3 is 2.00 bits per heavy atom. The highest BCUT2D eigenvalue weighted by Crippen LogP contribution is 2.27. The first-order valence-corrected chi connectivity index (χ1v) is 7.70. The number of rotatable bonds is 6. The van der Waals surface area contributed by atoms with Crippen molar-refractivity contribution in [3.05, 3.63) is 42.0 Å². The van der Waals surface area contributed by atoms with Gasteiger partial charge in [0.15, 0.2) is 0 Å². The van der Waals surface area contributed by atoms with E-state index >= 15 is 0 Å². The highest BCUT2D eigenvalue weighted by Gasteiger charge is 2.32. The fraction of sp³-hybridized carbons (Fsp3) is 0.579. The lowest BCUT2D eigenvalue weighted by Gasteiger charge is -2.47. The van der Waals surface area contributed by atoms with Crippen LogP contribution in [0.25, 0.3) is 6.08 Å². The molecule has 0 aromatic heterocycles. The molecule has 0 aliphatic heterocycles. The van der Waals surface area contributed by atoms with Crippen LogP contribution < -0.4 is 0 Å². The number of benzene rings is 1. The van der Waals surface area contributed by atoms with Crippen LogP contribution in [0.1, 0.15) is 59.1 Å². The summed E-state index contributed by atoms with van der Waals surface area (Å²) in [4.78, 5) is 2.63. The van der Waals surface area contributed by atoms with Gasteiger partial charge in [-0.25, -0.2) is 0 Å². The molecule has 1 rings (SSSR count). The van der Waals surface area contributed by atoms with E-state index in [0.717, 1.165) is 13.0 Å². The minimum absolute atomic E-state index is 0.195. The van der Waals surface area contributed by atoms with Crippen molar-refractivity contribution in [1.29, 1.82) is 0 Å². The van der Waals surface area contributed by atoms with Gasteiger partial charge < -0.3 is 0 Å². The number of hydrogen-bond acceptors (Lipinski definition) is 1. The summed E-state index contributed by atoms with van der Waals surface area (Å²) in [5, 5.41) is 0. The van der Waals surface area contributed by atoms with Gasteiger partial charge in [-0.1, -0.05) is 43.8 Å². The molecule has 0 unspecified atom stereocenters. The largest absolute Gasteiger partial charge is 0.293 e. The van der Waals surface area contributed by atoms with Crippen molar-refractivity contribution in [2.75, 3.05) is 6.54 Å². The second-order valence-electron chi connectivity index (χ2n) is 7.18. The van der Waals surface area contributed by atoms with Crippen molar-refractivity contribution >= 4 is 6.08 Å². The second kappa shape index (κ2) is 6.58. The van der Waals surface area contributed by atoms with E-state index in [4.69, 9.17) is 0 Å². The number of hydrogen-bond donors (Lipinski definition) is 0. The van der Waals surface area contributed by atoms with Crippen LogP contribution in [0, 0.1) is 0 Å². The van der Waals surface area contributed by atoms with Crippen LogP contribution in [0.3, 0.4) is 0 Å². The Morgan fingerprint density at radius 2 is 1.60 bits per heavy atom. The van der Waals surface area contributed by atoms with Crippen LogP contribution in [0.4, 0.5) is 0 Å². The van der Waals surface area contributed by atoms with Crippen LogP contribution in [-0.2, 0) is 6.42 Å². The summed E-state index contributed by atoms with van der Waals surface area (Å²) in [6.07, 6.45) is 4.16. The molecule has 0 spiro atoms. The van der Waals surface area contributed by atoms with Gasteiger partial charge in [0.1, 0.15) is 0 Å². The van der Waals surface area contributed by atoms with Gasteiger partial charge in [-0.2, -0.15) is 0 Å². The highest BCUT2D eigenvalue weighted by molar-refractivity contribution is 5.47. The number of nitrogens with zero attached hydrogens (tertiary/aromatic N) is 1. The standard InChI is InChI=1S/C19H31N/c1-8-16-10-12-17(13-11-16)14-15-20(18(3,4)5)19(6,7)9-2/h8,10-13H,1,9,14-15H2,2-7H3. The summed E-state index contributed by atoms with van der Waals surface area (Å²) >= 11 is 0. The zero-order valence-corrected chi connectivity index (χ0v) is 14.2. The smallest absolute Gasteiger partial charge is 0.0155 e. The minimum atomic E-state index is 0.195. The Kier molecular flexibility index (Phi) is 5.59. The zero-order chi connectivity index (χ0) is 15.4. The Hall–Kier alpha value is -1.08. The van der Waals surface area contributed by atoms with Gasteiger partial charge >= 0.3 is 0 Å². The molecular weight excluding hydrogens is 242 g/mol. The highest BCUT2D eigenvalue weighted by atomic mass is 15.2. The summed E-state index contributed by atoms with van der Waals surface area (Å²) in [6.45, 7) is 18.8. The normalized spacial score (nSPS) is 12.8. The predicted molar refractivity (Wildman–Crippen MR) is 91.1 cm³/mol. The molecule has 0 fully saturated rings. The first-order chi connectivity index (χ1) is 9.20. The van der Waals surface area contributed by atoms with E-state index in [-0.39, 0.29) is 11.1 Å². The quantitative estimate of drug-likeness (QED) is 0.692. The van der Waals surface area contributed by atoms with E-state index in [2.05, 4.69) is 77.3 Å². The Bertz CT molecular complexity index is 420. The second-order valence-corrected chi connectivity index (χ2v) is 7.18. The maximum Gasteiger partial charge on any atom is 0.0155 e. The molecule has 1 aromatic carbocycles. The van der Waals surface area contributed by atoms with Gasteiger partial charge in [-0.3, -0.25) is 4.90 Å². The first kappa shape index (κ1) is 17.0. The minimum Gasteiger partial charge on any atom is -0.293 e. The van der Waals surface area contributed by atoms with Crippen molar-refractivity contribution in [2.24, 2.45) is 0 Å². The third-order valence-electron chi connectivity index (χ3n) is 4.25. The van der Waals surface area contributed by atoms with Crippen molar-refractivity contribution in [3.63, 3.8) is 0 Å². The summed E-state index contributed by atoms with van der Waals surface area (Å²) < 4.78 is 0. The fourth-order valence-corrected chi connectivity index (χ4v) is 2.80. The van der Waals surface area contributed by atoms with Crippen LogP contribution in [0.15, 0.2) is 30.8 Å². The maximum absolute atomic E-state index is 3.80. The van der Waals surface area contributed by atoms with Gasteiger partial charge in [-0.15, -0.1) is 0 Å². The molecule has 0 amide bonds. The van der Waals surface area contributed by atoms with Gasteiger partial charge in [-0.05, 0) is 58.6 Å². The van der Waals surface area contributed by atoms with Gasteiger partial charge in [0.25, 0.3) is 0 Å². The molecule has 0 heterocycles. The Balaban J connectivity index is 2.78. The average molecular weight is 273 g/mol. The lowest BCUT2D eigenvalue weighted by molar-refractivity contribution is 0.0255. The molecule has 1 heteroatoms. The molecule has 1 nitrogen and oxygen atoms in total. The Morgan fingerprint density at radius 1 is 1.05 bits per heavy atom. The van der Waals surface area contributed by atoms with Gasteiger partial charge in [0, 0.05) is 17.6 Å². The van der Waals surface area contributed by atoms with E-state index in [9.17, 15) is 0 Å². The maximum atomic E-state index is 3.80. The molecule has 0 atom stereocenters. The zero-order valence-electron chi connectivity index (χ0n) is 14.2. The molecule has 0 aliphatic carbocycles. The van der Waals surface area contributed by atoms with E-state index in [0.29, 0.717) is 0 Å². The molecule has 0 N–H and O–H groups in total. The third-order valence-corrected chi connectivity index (χ3v) is 4.25. The summed E-state index contributed by atoms with van der Waals surface area (Å²) in [5.74, 6) is 0. The fourth-order valence-electron chi connectivity index (χ4n) is 2.80. The van der Waals surface area contributed by atoms with Crippen LogP contribution >= 0.6 is 0 Å². The van der Waals surface area contributed by atoms with Gasteiger partial charge in [0.05, 0.1) is 0 Å². The summed E-state index contributed by atoms with van der Waals surface area (Å²) in [5.41, 5.74) is 3.02. The van der Waals surface area contributed by atoms with Crippen molar-refractivity contribution in [1.82, 2.24) is 4.90 Å². The van der Waals surface area contributed by atoms with Crippen molar-refractivity contribution in [2.45, 2.75) is 65.5 Å². The molecule has 0 saturated carbocycles. The van der Waals surface area contributed by atoms with E-state index in [1.54, 1.807) is 0 Å². The van der Waals surface area contributed by atoms with Crippen LogP contribution in [0.2, 0.25) is 0 Å². The van der Waals surface area contributed by atoms with Crippen molar-refractivity contribution < 1.29 is 0 Å². The molecule has 0 bridgehead atoms. The molecular formula is C19H31N.